The first-order chi connectivity index (χ1) is 13.2. The molecule has 0 bridgehead atoms. The number of anilines is 1. The van der Waals surface area contributed by atoms with Gasteiger partial charge in [0.15, 0.2) is 0 Å². The number of aromatic nitrogens is 2. The van der Waals surface area contributed by atoms with E-state index in [0.717, 1.165) is 24.1 Å². The highest BCUT2D eigenvalue weighted by molar-refractivity contribution is 5.78. The zero-order chi connectivity index (χ0) is 18.6. The maximum absolute atomic E-state index is 12.3. The fraction of sp³-hybridized carbons (Fsp3) is 0.750. The van der Waals surface area contributed by atoms with E-state index < -0.39 is 0 Å². The highest BCUT2D eigenvalue weighted by Gasteiger charge is 2.31. The molecule has 4 rings (SSSR count). The molecule has 0 radical (unpaired) electrons. The summed E-state index contributed by atoms with van der Waals surface area (Å²) >= 11 is 0. The molecule has 7 nitrogen and oxygen atoms in total. The molecule has 3 fully saturated rings. The molecule has 1 atom stereocenters. The molecule has 2 saturated heterocycles. The minimum Gasteiger partial charge on any atom is -0.367 e. The van der Waals surface area contributed by atoms with E-state index in [1.54, 1.807) is 6.20 Å². The average Bonchev–Trinajstić information content (AvgIpc) is 3.48. The average molecular weight is 374 g/mol. The molecule has 1 amide bonds. The highest BCUT2D eigenvalue weighted by Crippen LogP contribution is 2.31. The summed E-state index contributed by atoms with van der Waals surface area (Å²) in [5.41, 5.74) is 0. The Balaban J connectivity index is 1.22. The third-order valence-electron chi connectivity index (χ3n) is 5.91. The first-order valence-corrected chi connectivity index (χ1v) is 10.3. The van der Waals surface area contributed by atoms with Crippen LogP contribution in [0.25, 0.3) is 0 Å². The minimum absolute atomic E-state index is 0.00734. The second-order valence-corrected chi connectivity index (χ2v) is 8.29. The van der Waals surface area contributed by atoms with Crippen LogP contribution in [0.4, 0.5) is 5.82 Å². The third-order valence-corrected chi connectivity index (χ3v) is 5.91. The molecule has 0 aromatic carbocycles. The number of ether oxygens (including phenoxy) is 1. The Bertz CT molecular complexity index is 643. The normalized spacial score (nSPS) is 25.0. The van der Waals surface area contributed by atoms with E-state index >= 15 is 0 Å². The largest absolute Gasteiger partial charge is 0.367 e. The SMILES string of the molecule is Cc1nccc(NC[C@@H]2CN(CC3CCN(CC4CC4)CC3)C(=O)CO2)n1. The van der Waals surface area contributed by atoms with E-state index in [2.05, 4.69) is 20.2 Å². The van der Waals surface area contributed by atoms with Gasteiger partial charge in [0.05, 0.1) is 6.10 Å². The Kier molecular flexibility index (Phi) is 5.88. The number of hydrogen-bond acceptors (Lipinski definition) is 6. The van der Waals surface area contributed by atoms with Crippen molar-refractivity contribution < 1.29 is 9.53 Å². The Morgan fingerprint density at radius 2 is 1.96 bits per heavy atom. The summed E-state index contributed by atoms with van der Waals surface area (Å²) < 4.78 is 5.72. The molecule has 7 heteroatoms. The van der Waals surface area contributed by atoms with Crippen molar-refractivity contribution >= 4 is 11.7 Å². The molecule has 1 saturated carbocycles. The smallest absolute Gasteiger partial charge is 0.248 e. The molecular formula is C20H31N5O2. The van der Waals surface area contributed by atoms with Gasteiger partial charge in [0, 0.05) is 32.4 Å². The van der Waals surface area contributed by atoms with Crippen LogP contribution in [0.1, 0.15) is 31.5 Å². The van der Waals surface area contributed by atoms with E-state index in [9.17, 15) is 4.79 Å². The summed E-state index contributed by atoms with van der Waals surface area (Å²) in [6, 6.07) is 1.86. The molecule has 1 aromatic heterocycles. The molecule has 3 aliphatic rings. The van der Waals surface area contributed by atoms with Gasteiger partial charge in [-0.25, -0.2) is 9.97 Å². The number of rotatable bonds is 7. The number of carbonyl (C=O) groups is 1. The van der Waals surface area contributed by atoms with Gasteiger partial charge < -0.3 is 19.9 Å². The third kappa shape index (κ3) is 5.39. The van der Waals surface area contributed by atoms with Crippen LogP contribution in [0.3, 0.4) is 0 Å². The van der Waals surface area contributed by atoms with E-state index in [1.165, 1.54) is 45.3 Å². The zero-order valence-corrected chi connectivity index (χ0v) is 16.3. The van der Waals surface area contributed by atoms with E-state index in [0.29, 0.717) is 19.0 Å². The first kappa shape index (κ1) is 18.6. The van der Waals surface area contributed by atoms with Crippen LogP contribution in [0.15, 0.2) is 12.3 Å². The number of hydrogen-bond donors (Lipinski definition) is 1. The number of nitrogens with zero attached hydrogens (tertiary/aromatic N) is 4. The Labute approximate surface area is 161 Å². The first-order valence-electron chi connectivity index (χ1n) is 10.3. The maximum Gasteiger partial charge on any atom is 0.248 e. The van der Waals surface area contributed by atoms with Crippen molar-refractivity contribution in [2.75, 3.05) is 51.2 Å². The predicted octanol–water partition coefficient (Wildman–Crippen LogP) is 1.55. The monoisotopic (exact) mass is 373 g/mol. The number of amides is 1. The molecule has 0 spiro atoms. The van der Waals surface area contributed by atoms with Crippen LogP contribution in [0.5, 0.6) is 0 Å². The van der Waals surface area contributed by atoms with Crippen LogP contribution in [0, 0.1) is 18.8 Å². The van der Waals surface area contributed by atoms with Gasteiger partial charge in [0.2, 0.25) is 5.91 Å². The summed E-state index contributed by atoms with van der Waals surface area (Å²) in [6.07, 6.45) is 7.02. The molecule has 3 heterocycles. The van der Waals surface area contributed by atoms with Gasteiger partial charge in [0.25, 0.3) is 0 Å². The van der Waals surface area contributed by atoms with Gasteiger partial charge in [-0.2, -0.15) is 0 Å². The zero-order valence-electron chi connectivity index (χ0n) is 16.3. The Morgan fingerprint density at radius 1 is 1.19 bits per heavy atom. The van der Waals surface area contributed by atoms with Gasteiger partial charge in [-0.15, -0.1) is 0 Å². The van der Waals surface area contributed by atoms with Crippen molar-refractivity contribution in [2.24, 2.45) is 11.8 Å². The van der Waals surface area contributed by atoms with Gasteiger partial charge >= 0.3 is 0 Å². The second-order valence-electron chi connectivity index (χ2n) is 8.29. The van der Waals surface area contributed by atoms with E-state index in [4.69, 9.17) is 4.74 Å². The van der Waals surface area contributed by atoms with Gasteiger partial charge in [-0.1, -0.05) is 0 Å². The van der Waals surface area contributed by atoms with Crippen molar-refractivity contribution in [1.29, 1.82) is 0 Å². The summed E-state index contributed by atoms with van der Waals surface area (Å²) in [5.74, 6) is 3.27. The Morgan fingerprint density at radius 3 is 2.70 bits per heavy atom. The summed E-state index contributed by atoms with van der Waals surface area (Å²) in [7, 11) is 0. The number of likely N-dealkylation sites (tertiary alicyclic amines) is 1. The summed E-state index contributed by atoms with van der Waals surface area (Å²) in [6.45, 7) is 7.93. The molecular weight excluding hydrogens is 342 g/mol. The van der Waals surface area contributed by atoms with Crippen molar-refractivity contribution in [2.45, 2.75) is 38.7 Å². The maximum atomic E-state index is 12.3. The van der Waals surface area contributed by atoms with Crippen molar-refractivity contribution in [3.63, 3.8) is 0 Å². The molecule has 1 aliphatic carbocycles. The summed E-state index contributed by atoms with van der Waals surface area (Å²) in [4.78, 5) is 25.4. The topological polar surface area (TPSA) is 70.6 Å². The van der Waals surface area contributed by atoms with Gasteiger partial charge in [-0.05, 0) is 63.6 Å². The van der Waals surface area contributed by atoms with Crippen LogP contribution in [0.2, 0.25) is 0 Å². The van der Waals surface area contributed by atoms with Gasteiger partial charge in [0.1, 0.15) is 18.2 Å². The predicted molar refractivity (Wildman–Crippen MR) is 103 cm³/mol. The van der Waals surface area contributed by atoms with Gasteiger partial charge in [-0.3, -0.25) is 4.79 Å². The lowest BCUT2D eigenvalue weighted by molar-refractivity contribution is -0.149. The minimum atomic E-state index is 0.00734. The number of morpholine rings is 1. The van der Waals surface area contributed by atoms with Crippen LogP contribution in [-0.2, 0) is 9.53 Å². The Hall–Kier alpha value is -1.73. The lowest BCUT2D eigenvalue weighted by Gasteiger charge is -2.38. The van der Waals surface area contributed by atoms with Crippen LogP contribution < -0.4 is 5.32 Å². The molecule has 0 unspecified atom stereocenters. The van der Waals surface area contributed by atoms with Crippen LogP contribution in [-0.4, -0.2) is 77.7 Å². The fourth-order valence-electron chi connectivity index (χ4n) is 4.08. The lowest BCUT2D eigenvalue weighted by Crippen LogP contribution is -2.51. The van der Waals surface area contributed by atoms with Crippen LogP contribution >= 0.6 is 0 Å². The number of piperidine rings is 1. The highest BCUT2D eigenvalue weighted by atomic mass is 16.5. The van der Waals surface area contributed by atoms with E-state index in [-0.39, 0.29) is 18.6 Å². The van der Waals surface area contributed by atoms with Crippen molar-refractivity contribution in [3.8, 4) is 0 Å². The molecule has 2 aliphatic heterocycles. The molecule has 1 aromatic rings. The summed E-state index contributed by atoms with van der Waals surface area (Å²) in [5, 5.41) is 3.30. The fourth-order valence-corrected chi connectivity index (χ4v) is 4.08. The number of aryl methyl sites for hydroxylation is 1. The standard InChI is InChI=1S/C20H31N5O2/c1-15-21-7-4-19(23-15)22-10-18-13-25(20(26)14-27-18)12-17-5-8-24(9-6-17)11-16-2-3-16/h4,7,16-18H,2-3,5-6,8-14H2,1H3,(H,21,22,23)/t18-/m1/s1. The molecule has 148 valence electrons. The van der Waals surface area contributed by atoms with Crippen molar-refractivity contribution in [1.82, 2.24) is 19.8 Å². The molecule has 27 heavy (non-hydrogen) atoms. The lowest BCUT2D eigenvalue weighted by atomic mass is 9.95. The number of nitrogens with one attached hydrogen (secondary N) is 1. The quantitative estimate of drug-likeness (QED) is 0.782. The molecule has 1 N–H and O–H groups in total. The van der Waals surface area contributed by atoms with Crippen molar-refractivity contribution in [3.05, 3.63) is 18.1 Å². The number of carbonyl (C=O) groups excluding carboxylic acids is 1. The second kappa shape index (κ2) is 8.52. The van der Waals surface area contributed by atoms with E-state index in [1.807, 2.05) is 17.9 Å².